The van der Waals surface area contributed by atoms with Crippen molar-refractivity contribution in [2.24, 2.45) is 0 Å². The van der Waals surface area contributed by atoms with Crippen LogP contribution in [0.3, 0.4) is 0 Å². The number of hydrogen-bond donors (Lipinski definition) is 2. The van der Waals surface area contributed by atoms with Gasteiger partial charge in [0.05, 0.1) is 6.54 Å². The molecular weight excluding hydrogens is 326 g/mol. The normalized spacial score (nSPS) is 11.2. The van der Waals surface area contributed by atoms with Crippen LogP contribution in [0.2, 0.25) is 0 Å². The number of rotatable bonds is 7. The average Bonchev–Trinajstić information content (AvgIpc) is 2.90. The van der Waals surface area contributed by atoms with Crippen LogP contribution >= 0.6 is 11.8 Å². The number of methoxy groups -OCH3 is 1. The lowest BCUT2D eigenvalue weighted by Gasteiger charge is -2.05. The lowest BCUT2D eigenvalue weighted by molar-refractivity contribution is 0.200. The highest BCUT2D eigenvalue weighted by atomic mass is 32.2. The van der Waals surface area contributed by atoms with E-state index >= 15 is 0 Å². The van der Waals surface area contributed by atoms with Gasteiger partial charge < -0.3 is 15.5 Å². The van der Waals surface area contributed by atoms with Gasteiger partial charge in [-0.1, -0.05) is 42.1 Å². The maximum Gasteiger partial charge on any atom is 0.328 e. The smallest absolute Gasteiger partial charge is 0.328 e. The fourth-order valence-electron chi connectivity index (χ4n) is 2.37. The van der Waals surface area contributed by atoms with Gasteiger partial charge in [-0.2, -0.15) is 0 Å². The molecule has 0 unspecified atom stereocenters. The number of nitrogens with two attached hydrogens (primary N) is 1. The second-order valence-corrected chi connectivity index (χ2v) is 6.35. The number of aromatic amines is 1. The fourth-order valence-corrected chi connectivity index (χ4v) is 3.13. The van der Waals surface area contributed by atoms with Crippen molar-refractivity contribution in [3.63, 3.8) is 0 Å². The molecule has 126 valence electrons. The van der Waals surface area contributed by atoms with Gasteiger partial charge in [-0.15, -0.1) is 0 Å². The number of fused-ring (bicyclic) bond motifs is 1. The van der Waals surface area contributed by atoms with E-state index in [-0.39, 0.29) is 11.5 Å². The number of ether oxygens (including phenoxy) is 1. The molecular formula is C16H19N5O2S. The van der Waals surface area contributed by atoms with Gasteiger partial charge in [0.2, 0.25) is 0 Å². The molecule has 3 rings (SSSR count). The van der Waals surface area contributed by atoms with Gasteiger partial charge in [0.15, 0.2) is 16.6 Å². The first-order chi connectivity index (χ1) is 11.7. The van der Waals surface area contributed by atoms with Gasteiger partial charge in [0, 0.05) is 19.5 Å². The van der Waals surface area contributed by atoms with Crippen molar-refractivity contribution in [2.45, 2.75) is 18.1 Å². The van der Waals surface area contributed by atoms with Crippen LogP contribution in [0.25, 0.3) is 11.2 Å². The first kappa shape index (κ1) is 16.5. The van der Waals surface area contributed by atoms with E-state index < -0.39 is 0 Å². The molecule has 2 heterocycles. The summed E-state index contributed by atoms with van der Waals surface area (Å²) in [5.74, 6) is 1.12. The Bertz CT molecular complexity index is 875. The zero-order valence-electron chi connectivity index (χ0n) is 13.4. The van der Waals surface area contributed by atoms with Crippen molar-refractivity contribution in [1.82, 2.24) is 19.5 Å². The molecule has 3 aromatic rings. The molecule has 0 saturated carbocycles. The second kappa shape index (κ2) is 7.50. The number of imidazole rings is 1. The molecule has 0 aliphatic heterocycles. The molecule has 0 saturated heterocycles. The minimum atomic E-state index is -0.239. The summed E-state index contributed by atoms with van der Waals surface area (Å²) in [5.41, 5.74) is 7.79. The molecule has 2 aromatic heterocycles. The molecule has 0 fully saturated rings. The van der Waals surface area contributed by atoms with Gasteiger partial charge in [-0.25, -0.2) is 14.8 Å². The number of thioether (sulfide) groups is 1. The third-order valence-electron chi connectivity index (χ3n) is 3.54. The number of anilines is 1. The van der Waals surface area contributed by atoms with Crippen LogP contribution in [0.5, 0.6) is 0 Å². The first-order valence-electron chi connectivity index (χ1n) is 7.60. The summed E-state index contributed by atoms with van der Waals surface area (Å²) in [6.45, 7) is 1.12. The standard InChI is InChI=1S/C16H19N5O2S/c1-23-8-5-9-24-15-19-13(17)12-14(20-15)21(16(22)18-12)10-11-6-3-2-4-7-11/h2-4,6-7H,5,8-10H2,1H3,(H,18,22)(H2,17,19,20). The van der Waals surface area contributed by atoms with Crippen molar-refractivity contribution >= 4 is 28.7 Å². The summed E-state index contributed by atoms with van der Waals surface area (Å²) in [6, 6.07) is 9.76. The Kier molecular flexibility index (Phi) is 5.17. The minimum Gasteiger partial charge on any atom is -0.385 e. The van der Waals surface area contributed by atoms with Gasteiger partial charge in [-0.05, 0) is 12.0 Å². The number of aromatic nitrogens is 4. The van der Waals surface area contributed by atoms with Crippen molar-refractivity contribution in [2.75, 3.05) is 25.2 Å². The van der Waals surface area contributed by atoms with Crippen molar-refractivity contribution < 1.29 is 4.74 Å². The van der Waals surface area contributed by atoms with Crippen LogP contribution in [0.1, 0.15) is 12.0 Å². The van der Waals surface area contributed by atoms with Crippen molar-refractivity contribution in [1.29, 1.82) is 0 Å². The molecule has 7 nitrogen and oxygen atoms in total. The summed E-state index contributed by atoms with van der Waals surface area (Å²) in [5, 5.41) is 0.567. The number of benzene rings is 1. The highest BCUT2D eigenvalue weighted by Gasteiger charge is 2.14. The van der Waals surface area contributed by atoms with E-state index in [0.29, 0.717) is 29.5 Å². The molecule has 0 spiro atoms. The lowest BCUT2D eigenvalue weighted by atomic mass is 10.2. The maximum absolute atomic E-state index is 12.3. The molecule has 8 heteroatoms. The molecule has 0 aliphatic carbocycles. The predicted octanol–water partition coefficient (Wildman–Crippen LogP) is 1.88. The van der Waals surface area contributed by atoms with Crippen LogP contribution in [-0.2, 0) is 11.3 Å². The van der Waals surface area contributed by atoms with Gasteiger partial charge in [0.1, 0.15) is 5.52 Å². The summed E-state index contributed by atoms with van der Waals surface area (Å²) < 4.78 is 6.62. The van der Waals surface area contributed by atoms with E-state index in [4.69, 9.17) is 10.5 Å². The molecule has 0 aliphatic rings. The Balaban J connectivity index is 1.92. The summed E-state index contributed by atoms with van der Waals surface area (Å²) in [4.78, 5) is 23.8. The fraction of sp³-hybridized carbons (Fsp3) is 0.312. The van der Waals surface area contributed by atoms with Crippen molar-refractivity contribution in [3.05, 3.63) is 46.4 Å². The van der Waals surface area contributed by atoms with E-state index in [9.17, 15) is 4.79 Å². The molecule has 0 atom stereocenters. The molecule has 0 bridgehead atoms. The lowest BCUT2D eigenvalue weighted by Crippen LogP contribution is -2.17. The molecule has 0 radical (unpaired) electrons. The number of nitrogen functional groups attached to an aromatic ring is 1. The van der Waals surface area contributed by atoms with Crippen LogP contribution in [0.4, 0.5) is 5.82 Å². The summed E-state index contributed by atoms with van der Waals surface area (Å²) in [7, 11) is 1.67. The zero-order valence-corrected chi connectivity index (χ0v) is 14.2. The van der Waals surface area contributed by atoms with Gasteiger partial charge in [0.25, 0.3) is 0 Å². The molecule has 1 aromatic carbocycles. The van der Waals surface area contributed by atoms with E-state index in [1.807, 2.05) is 30.3 Å². The average molecular weight is 345 g/mol. The maximum atomic E-state index is 12.3. The van der Waals surface area contributed by atoms with E-state index in [0.717, 1.165) is 17.7 Å². The second-order valence-electron chi connectivity index (χ2n) is 5.29. The Morgan fingerprint density at radius 1 is 1.29 bits per heavy atom. The number of nitrogens with zero attached hydrogens (tertiary/aromatic N) is 3. The zero-order chi connectivity index (χ0) is 16.9. The third kappa shape index (κ3) is 3.60. The Morgan fingerprint density at radius 2 is 2.08 bits per heavy atom. The van der Waals surface area contributed by atoms with Crippen molar-refractivity contribution in [3.8, 4) is 0 Å². The number of hydrogen-bond acceptors (Lipinski definition) is 6. The van der Waals surface area contributed by atoms with E-state index in [2.05, 4.69) is 15.0 Å². The van der Waals surface area contributed by atoms with E-state index in [1.54, 1.807) is 11.7 Å². The Labute approximate surface area is 143 Å². The molecule has 3 N–H and O–H groups in total. The van der Waals surface area contributed by atoms with Gasteiger partial charge in [-0.3, -0.25) is 4.57 Å². The summed E-state index contributed by atoms with van der Waals surface area (Å²) in [6.07, 6.45) is 0.895. The molecule has 0 amide bonds. The largest absolute Gasteiger partial charge is 0.385 e. The topological polar surface area (TPSA) is 98.8 Å². The highest BCUT2D eigenvalue weighted by molar-refractivity contribution is 7.99. The summed E-state index contributed by atoms with van der Waals surface area (Å²) >= 11 is 1.50. The first-order valence-corrected chi connectivity index (χ1v) is 8.59. The molecule has 24 heavy (non-hydrogen) atoms. The highest BCUT2D eigenvalue weighted by Crippen LogP contribution is 2.21. The van der Waals surface area contributed by atoms with Crippen LogP contribution in [0, 0.1) is 0 Å². The van der Waals surface area contributed by atoms with Crippen LogP contribution in [0.15, 0.2) is 40.3 Å². The minimum absolute atomic E-state index is 0.239. The third-order valence-corrected chi connectivity index (χ3v) is 4.47. The van der Waals surface area contributed by atoms with Crippen LogP contribution < -0.4 is 11.4 Å². The Morgan fingerprint density at radius 3 is 2.83 bits per heavy atom. The monoisotopic (exact) mass is 345 g/mol. The van der Waals surface area contributed by atoms with E-state index in [1.165, 1.54) is 11.8 Å². The number of nitrogens with one attached hydrogen (secondary N) is 1. The quantitative estimate of drug-likeness (QED) is 0.385. The Hall–Kier alpha value is -2.32. The van der Waals surface area contributed by atoms with Gasteiger partial charge >= 0.3 is 5.69 Å². The number of H-pyrrole nitrogens is 1. The van der Waals surface area contributed by atoms with Crippen LogP contribution in [-0.4, -0.2) is 39.0 Å². The SMILES string of the molecule is COCCCSc1nc(N)c2[nH]c(=O)n(Cc3ccccc3)c2n1. The predicted molar refractivity (Wildman–Crippen MR) is 95.3 cm³/mol.